The summed E-state index contributed by atoms with van der Waals surface area (Å²) in [6, 6.07) is 3.98. The Morgan fingerprint density at radius 3 is 2.76 bits per heavy atom. The third kappa shape index (κ3) is 5.76. The van der Waals surface area contributed by atoms with Gasteiger partial charge < -0.3 is 20.5 Å². The lowest BCUT2D eigenvalue weighted by molar-refractivity contribution is -0.384. The van der Waals surface area contributed by atoms with Gasteiger partial charge in [-0.05, 0) is 18.6 Å². The summed E-state index contributed by atoms with van der Waals surface area (Å²) >= 11 is 0. The van der Waals surface area contributed by atoms with Crippen LogP contribution in [0.1, 0.15) is 16.8 Å². The van der Waals surface area contributed by atoms with Crippen LogP contribution in [0.3, 0.4) is 0 Å². The first kappa shape index (κ1) is 16.9. The average Bonchev–Trinajstić information content (AvgIpc) is 2.45. The van der Waals surface area contributed by atoms with Crippen molar-refractivity contribution in [2.24, 2.45) is 5.73 Å². The van der Waals surface area contributed by atoms with E-state index in [1.165, 1.54) is 18.2 Å². The summed E-state index contributed by atoms with van der Waals surface area (Å²) < 4.78 is 10.1. The van der Waals surface area contributed by atoms with Crippen molar-refractivity contribution >= 4 is 17.3 Å². The summed E-state index contributed by atoms with van der Waals surface area (Å²) in [5.41, 5.74) is 5.56. The predicted molar refractivity (Wildman–Crippen MR) is 77.4 cm³/mol. The lowest BCUT2D eigenvalue weighted by Crippen LogP contribution is -2.13. The van der Waals surface area contributed by atoms with Crippen molar-refractivity contribution < 1.29 is 19.2 Å². The fourth-order valence-electron chi connectivity index (χ4n) is 1.63. The van der Waals surface area contributed by atoms with E-state index in [1.54, 1.807) is 7.11 Å². The highest BCUT2D eigenvalue weighted by Crippen LogP contribution is 2.25. The quantitative estimate of drug-likeness (QED) is 0.380. The molecule has 1 amide bonds. The number of rotatable bonds is 10. The van der Waals surface area contributed by atoms with Crippen molar-refractivity contribution in [2.75, 3.05) is 38.8 Å². The molecule has 0 unspecified atom stereocenters. The van der Waals surface area contributed by atoms with Crippen LogP contribution in [0.5, 0.6) is 0 Å². The molecule has 0 atom stereocenters. The zero-order chi connectivity index (χ0) is 15.7. The molecule has 0 saturated carbocycles. The minimum atomic E-state index is -0.629. The molecule has 8 heteroatoms. The number of nitro groups is 1. The Morgan fingerprint density at radius 1 is 1.38 bits per heavy atom. The number of amides is 1. The van der Waals surface area contributed by atoms with E-state index in [2.05, 4.69) is 5.32 Å². The van der Waals surface area contributed by atoms with Crippen LogP contribution >= 0.6 is 0 Å². The average molecular weight is 297 g/mol. The third-order valence-electron chi connectivity index (χ3n) is 2.69. The van der Waals surface area contributed by atoms with Crippen LogP contribution in [0.4, 0.5) is 11.4 Å². The largest absolute Gasteiger partial charge is 0.382 e. The van der Waals surface area contributed by atoms with Gasteiger partial charge in [-0.1, -0.05) is 0 Å². The number of nitro benzene ring substituents is 1. The molecule has 21 heavy (non-hydrogen) atoms. The summed E-state index contributed by atoms with van der Waals surface area (Å²) in [4.78, 5) is 21.5. The molecule has 0 radical (unpaired) electrons. The molecule has 0 heterocycles. The van der Waals surface area contributed by atoms with Gasteiger partial charge in [-0.2, -0.15) is 0 Å². The minimum Gasteiger partial charge on any atom is -0.382 e. The first-order chi connectivity index (χ1) is 10.1. The monoisotopic (exact) mass is 297 g/mol. The predicted octanol–water partition coefficient (Wildman–Crippen LogP) is 1.16. The number of hydrogen-bond acceptors (Lipinski definition) is 6. The van der Waals surface area contributed by atoms with Gasteiger partial charge in [-0.15, -0.1) is 0 Å². The van der Waals surface area contributed by atoms with Gasteiger partial charge in [0, 0.05) is 31.9 Å². The van der Waals surface area contributed by atoms with Gasteiger partial charge in [0.15, 0.2) is 0 Å². The number of anilines is 1. The number of benzene rings is 1. The molecule has 0 bridgehead atoms. The van der Waals surface area contributed by atoms with Gasteiger partial charge in [-0.25, -0.2) is 0 Å². The number of carbonyl (C=O) groups excluding carboxylic acids is 1. The van der Waals surface area contributed by atoms with Crippen LogP contribution in [-0.4, -0.2) is 44.3 Å². The fourth-order valence-corrected chi connectivity index (χ4v) is 1.63. The summed E-state index contributed by atoms with van der Waals surface area (Å²) in [6.45, 7) is 2.03. The maximum Gasteiger partial charge on any atom is 0.292 e. The van der Waals surface area contributed by atoms with E-state index >= 15 is 0 Å². The Labute approximate surface area is 122 Å². The number of nitrogens with two attached hydrogens (primary N) is 1. The zero-order valence-electron chi connectivity index (χ0n) is 11.8. The van der Waals surface area contributed by atoms with Gasteiger partial charge in [-0.3, -0.25) is 14.9 Å². The normalized spacial score (nSPS) is 10.3. The molecule has 0 aromatic heterocycles. The maximum absolute atomic E-state index is 11.1. The highest BCUT2D eigenvalue weighted by Gasteiger charge is 2.15. The molecule has 8 nitrogen and oxygen atoms in total. The second-order valence-electron chi connectivity index (χ2n) is 4.24. The first-order valence-corrected chi connectivity index (χ1v) is 6.45. The molecule has 1 aromatic rings. The van der Waals surface area contributed by atoms with E-state index in [4.69, 9.17) is 15.2 Å². The van der Waals surface area contributed by atoms with Gasteiger partial charge in [0.2, 0.25) is 5.91 Å². The Morgan fingerprint density at radius 2 is 2.14 bits per heavy atom. The summed E-state index contributed by atoms with van der Waals surface area (Å²) in [5, 5.41) is 13.8. The number of primary amides is 1. The number of nitrogens with zero attached hydrogens (tertiary/aromatic N) is 1. The molecular weight excluding hydrogens is 278 g/mol. The van der Waals surface area contributed by atoms with Gasteiger partial charge in [0.25, 0.3) is 5.69 Å². The first-order valence-electron chi connectivity index (χ1n) is 6.45. The van der Waals surface area contributed by atoms with E-state index in [9.17, 15) is 14.9 Å². The van der Waals surface area contributed by atoms with E-state index in [0.717, 1.165) is 0 Å². The van der Waals surface area contributed by atoms with Gasteiger partial charge in [0.05, 0.1) is 18.1 Å². The Bertz CT molecular complexity index is 493. The van der Waals surface area contributed by atoms with Crippen molar-refractivity contribution in [3.63, 3.8) is 0 Å². The van der Waals surface area contributed by atoms with Gasteiger partial charge >= 0.3 is 0 Å². The third-order valence-corrected chi connectivity index (χ3v) is 2.69. The number of methoxy groups -OCH3 is 1. The molecule has 0 saturated heterocycles. The number of carbonyl (C=O) groups is 1. The van der Waals surface area contributed by atoms with Crippen LogP contribution in [0.15, 0.2) is 18.2 Å². The minimum absolute atomic E-state index is 0.0969. The van der Waals surface area contributed by atoms with Crippen LogP contribution in [0.25, 0.3) is 0 Å². The second kappa shape index (κ2) is 8.88. The molecule has 1 aromatic carbocycles. The van der Waals surface area contributed by atoms with Crippen molar-refractivity contribution in [2.45, 2.75) is 6.42 Å². The number of hydrogen-bond donors (Lipinski definition) is 2. The molecule has 0 aliphatic rings. The standard InChI is InChI=1S/C13H19N3O5/c1-20-7-8-21-6-2-5-15-11-9-10(13(14)17)3-4-12(11)16(18)19/h3-4,9,15H,2,5-8H2,1H3,(H2,14,17). The lowest BCUT2D eigenvalue weighted by atomic mass is 10.1. The van der Waals surface area contributed by atoms with Gasteiger partial charge in [0.1, 0.15) is 5.69 Å². The van der Waals surface area contributed by atoms with Crippen LogP contribution in [-0.2, 0) is 9.47 Å². The zero-order valence-corrected chi connectivity index (χ0v) is 11.8. The number of ether oxygens (including phenoxy) is 2. The fraction of sp³-hybridized carbons (Fsp3) is 0.462. The van der Waals surface area contributed by atoms with E-state index < -0.39 is 10.8 Å². The Hall–Kier alpha value is -2.19. The van der Waals surface area contributed by atoms with E-state index in [0.29, 0.717) is 32.8 Å². The summed E-state index contributed by atoms with van der Waals surface area (Å²) in [6.07, 6.45) is 0.668. The summed E-state index contributed by atoms with van der Waals surface area (Å²) in [5.74, 6) is -0.629. The van der Waals surface area contributed by atoms with Crippen molar-refractivity contribution in [1.82, 2.24) is 0 Å². The molecule has 0 fully saturated rings. The van der Waals surface area contributed by atoms with Crippen molar-refractivity contribution in [3.8, 4) is 0 Å². The van der Waals surface area contributed by atoms with E-state index in [1.807, 2.05) is 0 Å². The topological polar surface area (TPSA) is 117 Å². The molecule has 116 valence electrons. The van der Waals surface area contributed by atoms with Crippen LogP contribution in [0.2, 0.25) is 0 Å². The molecular formula is C13H19N3O5. The molecule has 0 aliphatic carbocycles. The Balaban J connectivity index is 2.53. The SMILES string of the molecule is COCCOCCCNc1cc(C(N)=O)ccc1[N+](=O)[O-]. The molecule has 1 rings (SSSR count). The Kier molecular flexibility index (Phi) is 7.13. The van der Waals surface area contributed by atoms with Crippen LogP contribution < -0.4 is 11.1 Å². The maximum atomic E-state index is 11.1. The lowest BCUT2D eigenvalue weighted by Gasteiger charge is -2.08. The van der Waals surface area contributed by atoms with Crippen molar-refractivity contribution in [3.05, 3.63) is 33.9 Å². The van der Waals surface area contributed by atoms with Crippen molar-refractivity contribution in [1.29, 1.82) is 0 Å². The van der Waals surface area contributed by atoms with Crippen LogP contribution in [0, 0.1) is 10.1 Å². The highest BCUT2D eigenvalue weighted by atomic mass is 16.6. The summed E-state index contributed by atoms with van der Waals surface area (Å²) in [7, 11) is 1.59. The molecule has 0 aliphatic heterocycles. The molecule has 3 N–H and O–H groups in total. The number of nitrogens with one attached hydrogen (secondary N) is 1. The van der Waals surface area contributed by atoms with E-state index in [-0.39, 0.29) is 16.9 Å². The highest BCUT2D eigenvalue weighted by molar-refractivity contribution is 5.94. The second-order valence-corrected chi connectivity index (χ2v) is 4.24. The molecule has 0 spiro atoms. The smallest absolute Gasteiger partial charge is 0.292 e.